The van der Waals surface area contributed by atoms with Crippen molar-refractivity contribution >= 4 is 22.9 Å². The highest BCUT2D eigenvalue weighted by Crippen LogP contribution is 2.21. The van der Waals surface area contributed by atoms with Gasteiger partial charge < -0.3 is 14.6 Å². The van der Waals surface area contributed by atoms with Crippen LogP contribution in [0.4, 0.5) is 0 Å². The quantitative estimate of drug-likeness (QED) is 0.495. The number of nitrogens with zero attached hydrogens (tertiary/aromatic N) is 3. The second kappa shape index (κ2) is 8.83. The molecule has 0 saturated carbocycles. The Morgan fingerprint density at radius 3 is 2.23 bits per heavy atom. The Balaban J connectivity index is 1.63. The topological polar surface area (TPSA) is 75.4 Å². The number of carboxylic acid groups (broad SMARTS) is 1. The summed E-state index contributed by atoms with van der Waals surface area (Å²) in [4.78, 5) is 30.5. The second-order valence-electron chi connectivity index (χ2n) is 7.47. The van der Waals surface area contributed by atoms with E-state index in [0.717, 1.165) is 16.9 Å². The molecule has 156 valence electrons. The number of benzene rings is 3. The number of aryl methyl sites for hydroxylation is 1. The highest BCUT2D eigenvalue weighted by Gasteiger charge is 2.20. The van der Waals surface area contributed by atoms with E-state index < -0.39 is 5.97 Å². The minimum atomic E-state index is -1.05. The number of aliphatic carboxylic acids is 1. The zero-order valence-electron chi connectivity index (χ0n) is 17.2. The number of rotatable bonds is 7. The summed E-state index contributed by atoms with van der Waals surface area (Å²) in [6.45, 7) is 2.49. The van der Waals surface area contributed by atoms with Gasteiger partial charge in [-0.25, -0.2) is 4.98 Å². The van der Waals surface area contributed by atoms with E-state index in [1.807, 2.05) is 61.5 Å². The first-order chi connectivity index (χ1) is 15.0. The van der Waals surface area contributed by atoms with Crippen molar-refractivity contribution in [2.24, 2.45) is 0 Å². The zero-order chi connectivity index (χ0) is 21.8. The van der Waals surface area contributed by atoms with Crippen molar-refractivity contribution < 1.29 is 14.7 Å². The molecule has 0 bridgehead atoms. The molecule has 0 spiro atoms. The molecule has 0 aliphatic carbocycles. The largest absolute Gasteiger partial charge is 0.480 e. The van der Waals surface area contributed by atoms with Crippen molar-refractivity contribution in [3.63, 3.8) is 0 Å². The minimum Gasteiger partial charge on any atom is -0.480 e. The maximum Gasteiger partial charge on any atom is 0.323 e. The van der Waals surface area contributed by atoms with Crippen LogP contribution in [-0.2, 0) is 17.9 Å². The van der Waals surface area contributed by atoms with E-state index in [2.05, 4.69) is 21.7 Å². The molecule has 0 unspecified atom stereocenters. The molecular weight excluding hydrogens is 390 g/mol. The summed E-state index contributed by atoms with van der Waals surface area (Å²) in [6.07, 6.45) is 0. The van der Waals surface area contributed by atoms with Gasteiger partial charge in [0.15, 0.2) is 0 Å². The van der Waals surface area contributed by atoms with Gasteiger partial charge in [-0.2, -0.15) is 0 Å². The lowest BCUT2D eigenvalue weighted by Gasteiger charge is -2.21. The fraction of sp³-hybridized carbons (Fsp3) is 0.160. The molecule has 4 rings (SSSR count). The van der Waals surface area contributed by atoms with Gasteiger partial charge in [-0.05, 0) is 36.2 Å². The van der Waals surface area contributed by atoms with Crippen molar-refractivity contribution in [2.75, 3.05) is 6.54 Å². The van der Waals surface area contributed by atoms with Gasteiger partial charge in [-0.1, -0.05) is 60.7 Å². The predicted octanol–water partition coefficient (Wildman–Crippen LogP) is 4.12. The Labute approximate surface area is 180 Å². The Morgan fingerprint density at radius 2 is 1.58 bits per heavy atom. The van der Waals surface area contributed by atoms with Crippen LogP contribution in [0, 0.1) is 6.92 Å². The van der Waals surface area contributed by atoms with Gasteiger partial charge in [-0.3, -0.25) is 9.59 Å². The molecule has 6 heteroatoms. The first-order valence-corrected chi connectivity index (χ1v) is 10.1. The number of imidazole rings is 1. The molecule has 0 aliphatic rings. The van der Waals surface area contributed by atoms with E-state index in [1.165, 1.54) is 10.5 Å². The summed E-state index contributed by atoms with van der Waals surface area (Å²) in [6, 6.07) is 24.9. The van der Waals surface area contributed by atoms with Crippen LogP contribution >= 0.6 is 0 Å². The summed E-state index contributed by atoms with van der Waals surface area (Å²) in [5.41, 5.74) is 4.12. The van der Waals surface area contributed by atoms with Gasteiger partial charge in [0.1, 0.15) is 12.4 Å². The van der Waals surface area contributed by atoms with Gasteiger partial charge in [0.25, 0.3) is 5.91 Å². The van der Waals surface area contributed by atoms with Crippen LogP contribution in [0.15, 0.2) is 78.9 Å². The van der Waals surface area contributed by atoms with E-state index in [1.54, 1.807) is 12.1 Å². The summed E-state index contributed by atoms with van der Waals surface area (Å²) >= 11 is 0. The molecule has 0 fully saturated rings. The molecule has 1 N–H and O–H groups in total. The standard InChI is InChI=1S/C25H23N3O3/c1-18-26-22-14-21(12-13-23(22)28(18)16-20-10-6-3-7-11-20)25(31)27(17-24(29)30)15-19-8-4-2-5-9-19/h2-14H,15-17H2,1H3,(H,29,30). The third-order valence-electron chi connectivity index (χ3n) is 5.20. The molecule has 4 aromatic rings. The molecule has 6 nitrogen and oxygen atoms in total. The van der Waals surface area contributed by atoms with E-state index in [9.17, 15) is 14.7 Å². The summed E-state index contributed by atoms with van der Waals surface area (Å²) in [5.74, 6) is -0.521. The molecular formula is C25H23N3O3. The third-order valence-corrected chi connectivity index (χ3v) is 5.20. The third kappa shape index (κ3) is 4.64. The average Bonchev–Trinajstić information content (AvgIpc) is 3.08. The maximum absolute atomic E-state index is 13.1. The smallest absolute Gasteiger partial charge is 0.323 e. The molecule has 0 aliphatic heterocycles. The van der Waals surface area contributed by atoms with Crippen molar-refractivity contribution in [3.05, 3.63) is 101 Å². The van der Waals surface area contributed by atoms with Crippen LogP contribution in [0.1, 0.15) is 27.3 Å². The van der Waals surface area contributed by atoms with E-state index in [-0.39, 0.29) is 19.0 Å². The average molecular weight is 413 g/mol. The number of hydrogen-bond acceptors (Lipinski definition) is 3. The Kier molecular flexibility index (Phi) is 5.80. The lowest BCUT2D eigenvalue weighted by atomic mass is 10.1. The lowest BCUT2D eigenvalue weighted by molar-refractivity contribution is -0.137. The molecule has 3 aromatic carbocycles. The summed E-state index contributed by atoms with van der Waals surface area (Å²) in [5, 5.41) is 9.30. The Bertz CT molecular complexity index is 1220. The SMILES string of the molecule is Cc1nc2cc(C(=O)N(CC(=O)O)Cc3ccccc3)ccc2n1Cc1ccccc1. The highest BCUT2D eigenvalue weighted by atomic mass is 16.4. The van der Waals surface area contributed by atoms with Gasteiger partial charge >= 0.3 is 5.97 Å². The first-order valence-electron chi connectivity index (χ1n) is 10.1. The van der Waals surface area contributed by atoms with Gasteiger partial charge in [0.2, 0.25) is 0 Å². The first kappa shape index (κ1) is 20.3. The van der Waals surface area contributed by atoms with E-state index in [4.69, 9.17) is 0 Å². The lowest BCUT2D eigenvalue weighted by Crippen LogP contribution is -2.35. The van der Waals surface area contributed by atoms with E-state index >= 15 is 0 Å². The van der Waals surface area contributed by atoms with Crippen LogP contribution < -0.4 is 0 Å². The van der Waals surface area contributed by atoms with Gasteiger partial charge in [-0.15, -0.1) is 0 Å². The van der Waals surface area contributed by atoms with Crippen LogP contribution in [0.5, 0.6) is 0 Å². The van der Waals surface area contributed by atoms with Crippen molar-refractivity contribution in [3.8, 4) is 0 Å². The highest BCUT2D eigenvalue weighted by molar-refractivity contribution is 5.98. The van der Waals surface area contributed by atoms with Crippen LogP contribution in [0.3, 0.4) is 0 Å². The molecule has 1 heterocycles. The monoisotopic (exact) mass is 413 g/mol. The zero-order valence-corrected chi connectivity index (χ0v) is 17.2. The Hall–Kier alpha value is -3.93. The molecule has 0 radical (unpaired) electrons. The van der Waals surface area contributed by atoms with Crippen molar-refractivity contribution in [1.29, 1.82) is 0 Å². The number of carboxylic acids is 1. The van der Waals surface area contributed by atoms with Crippen LogP contribution in [-0.4, -0.2) is 38.0 Å². The Morgan fingerprint density at radius 1 is 0.935 bits per heavy atom. The minimum absolute atomic E-state index is 0.228. The molecule has 0 atom stereocenters. The number of fused-ring (bicyclic) bond motifs is 1. The summed E-state index contributed by atoms with van der Waals surface area (Å²) < 4.78 is 2.11. The normalized spacial score (nSPS) is 10.9. The molecule has 0 saturated heterocycles. The maximum atomic E-state index is 13.1. The number of aromatic nitrogens is 2. The molecule has 31 heavy (non-hydrogen) atoms. The fourth-order valence-corrected chi connectivity index (χ4v) is 3.70. The number of carbonyl (C=O) groups excluding carboxylic acids is 1. The number of amides is 1. The van der Waals surface area contributed by atoms with Crippen LogP contribution in [0.25, 0.3) is 11.0 Å². The van der Waals surface area contributed by atoms with Crippen LogP contribution in [0.2, 0.25) is 0 Å². The predicted molar refractivity (Wildman–Crippen MR) is 119 cm³/mol. The number of carbonyl (C=O) groups is 2. The van der Waals surface area contributed by atoms with E-state index in [0.29, 0.717) is 17.6 Å². The second-order valence-corrected chi connectivity index (χ2v) is 7.47. The molecule has 1 amide bonds. The van der Waals surface area contributed by atoms with Crippen molar-refractivity contribution in [1.82, 2.24) is 14.5 Å². The number of hydrogen-bond donors (Lipinski definition) is 1. The molecule has 1 aromatic heterocycles. The van der Waals surface area contributed by atoms with Crippen molar-refractivity contribution in [2.45, 2.75) is 20.0 Å². The van der Waals surface area contributed by atoms with Gasteiger partial charge in [0, 0.05) is 18.7 Å². The van der Waals surface area contributed by atoms with Gasteiger partial charge in [0.05, 0.1) is 11.0 Å². The summed E-state index contributed by atoms with van der Waals surface area (Å²) in [7, 11) is 0. The fourth-order valence-electron chi connectivity index (χ4n) is 3.70.